The molecule has 0 radical (unpaired) electrons. The van der Waals surface area contributed by atoms with Gasteiger partial charge in [0.05, 0.1) is 17.9 Å². The van der Waals surface area contributed by atoms with Crippen molar-refractivity contribution in [2.75, 3.05) is 0 Å². The minimum atomic E-state index is -1.05. The van der Waals surface area contributed by atoms with Gasteiger partial charge in [0.25, 0.3) is 6.29 Å². The van der Waals surface area contributed by atoms with Crippen molar-refractivity contribution in [2.24, 2.45) is 11.3 Å². The van der Waals surface area contributed by atoms with Crippen LogP contribution >= 0.6 is 0 Å². The molecule has 0 saturated carbocycles. The summed E-state index contributed by atoms with van der Waals surface area (Å²) in [4.78, 5) is 23.1. The number of carboxylic acids is 1. The molecule has 0 aromatic rings. The molecule has 2 aliphatic carbocycles. The Morgan fingerprint density at radius 1 is 1.40 bits per heavy atom. The molecule has 0 fully saturated rings. The molecular formula is C19H24O6. The highest BCUT2D eigenvalue weighted by Crippen LogP contribution is 2.51. The molecule has 0 saturated heterocycles. The molecule has 2 N–H and O–H groups in total. The van der Waals surface area contributed by atoms with E-state index in [1.165, 1.54) is 17.9 Å². The second kappa shape index (κ2) is 6.33. The van der Waals surface area contributed by atoms with Gasteiger partial charge in [-0.05, 0) is 43.6 Å². The Morgan fingerprint density at radius 2 is 2.12 bits per heavy atom. The molecule has 3 aliphatic rings. The van der Waals surface area contributed by atoms with Gasteiger partial charge in [-0.15, -0.1) is 0 Å². The van der Waals surface area contributed by atoms with Gasteiger partial charge in [-0.3, -0.25) is 0 Å². The minimum absolute atomic E-state index is 0.0192. The third-order valence-corrected chi connectivity index (χ3v) is 5.51. The molecule has 1 heterocycles. The quantitative estimate of drug-likeness (QED) is 0.351. The highest BCUT2D eigenvalue weighted by atomic mass is 16.7. The summed E-state index contributed by atoms with van der Waals surface area (Å²) in [6, 6.07) is 0. The molecule has 136 valence electrons. The minimum Gasteiger partial charge on any atom is -0.478 e. The molecular weight excluding hydrogens is 324 g/mol. The van der Waals surface area contributed by atoms with Crippen LogP contribution in [0.2, 0.25) is 0 Å². The summed E-state index contributed by atoms with van der Waals surface area (Å²) in [5, 5.41) is 19.9. The first-order valence-electron chi connectivity index (χ1n) is 8.57. The van der Waals surface area contributed by atoms with E-state index in [2.05, 4.69) is 13.8 Å². The van der Waals surface area contributed by atoms with E-state index in [-0.39, 0.29) is 16.9 Å². The highest BCUT2D eigenvalue weighted by molar-refractivity contribution is 5.90. The summed E-state index contributed by atoms with van der Waals surface area (Å²) in [6.07, 6.45) is 4.09. The molecule has 3 rings (SSSR count). The molecule has 25 heavy (non-hydrogen) atoms. The molecule has 0 aromatic carbocycles. The van der Waals surface area contributed by atoms with Crippen molar-refractivity contribution in [1.82, 2.24) is 0 Å². The van der Waals surface area contributed by atoms with Crippen LogP contribution in [0.25, 0.3) is 0 Å². The molecule has 0 amide bonds. The maximum absolute atomic E-state index is 11.7. The molecule has 1 aliphatic heterocycles. The first-order chi connectivity index (χ1) is 11.7. The van der Waals surface area contributed by atoms with E-state index in [1.807, 2.05) is 0 Å². The molecule has 0 bridgehead atoms. The zero-order valence-corrected chi connectivity index (χ0v) is 14.7. The van der Waals surface area contributed by atoms with Crippen molar-refractivity contribution in [3.05, 3.63) is 34.6 Å². The fourth-order valence-corrected chi connectivity index (χ4v) is 3.96. The monoisotopic (exact) mass is 348 g/mol. The lowest BCUT2D eigenvalue weighted by Crippen LogP contribution is -2.26. The maximum atomic E-state index is 11.7. The van der Waals surface area contributed by atoms with E-state index in [1.54, 1.807) is 6.92 Å². The van der Waals surface area contributed by atoms with Gasteiger partial charge in [0.1, 0.15) is 0 Å². The molecule has 6 heteroatoms. The summed E-state index contributed by atoms with van der Waals surface area (Å²) < 4.78 is 10.3. The molecule has 0 spiro atoms. The third-order valence-electron chi connectivity index (χ3n) is 5.51. The van der Waals surface area contributed by atoms with Gasteiger partial charge in [-0.25, -0.2) is 9.59 Å². The lowest BCUT2D eigenvalue weighted by Gasteiger charge is -2.34. The van der Waals surface area contributed by atoms with E-state index in [9.17, 15) is 19.8 Å². The number of carbonyl (C=O) groups excluding carboxylic acids is 1. The van der Waals surface area contributed by atoms with Crippen LogP contribution < -0.4 is 0 Å². The van der Waals surface area contributed by atoms with Crippen LogP contribution in [-0.2, 0) is 19.1 Å². The van der Waals surface area contributed by atoms with Crippen molar-refractivity contribution >= 4 is 11.9 Å². The summed E-state index contributed by atoms with van der Waals surface area (Å²) in [5.41, 5.74) is 2.72. The van der Waals surface area contributed by atoms with Gasteiger partial charge in [0, 0.05) is 17.6 Å². The predicted molar refractivity (Wildman–Crippen MR) is 89.2 cm³/mol. The second-order valence-electron chi connectivity index (χ2n) is 7.69. The summed E-state index contributed by atoms with van der Waals surface area (Å²) in [6.45, 7) is 5.90. The second-order valence-corrected chi connectivity index (χ2v) is 7.69. The normalized spacial score (nSPS) is 31.5. The van der Waals surface area contributed by atoms with Crippen LogP contribution in [-0.4, -0.2) is 34.5 Å². The Labute approximate surface area is 146 Å². The number of aliphatic carboxylic acids is 1. The van der Waals surface area contributed by atoms with Gasteiger partial charge in [0.15, 0.2) is 0 Å². The average molecular weight is 348 g/mol. The lowest BCUT2D eigenvalue weighted by molar-refractivity contribution is -0.152. The summed E-state index contributed by atoms with van der Waals surface area (Å²) >= 11 is 0. The number of aliphatic hydroxyl groups is 1. The Kier molecular flexibility index (Phi) is 4.49. The van der Waals surface area contributed by atoms with Crippen LogP contribution in [0.4, 0.5) is 0 Å². The number of esters is 1. The van der Waals surface area contributed by atoms with Gasteiger partial charge >= 0.3 is 11.9 Å². The van der Waals surface area contributed by atoms with Crippen LogP contribution in [0.5, 0.6) is 0 Å². The summed E-state index contributed by atoms with van der Waals surface area (Å²) in [5.74, 6) is -1.75. The van der Waals surface area contributed by atoms with Crippen LogP contribution in [0.3, 0.4) is 0 Å². The smallest absolute Gasteiger partial charge is 0.336 e. The lowest BCUT2D eigenvalue weighted by atomic mass is 9.72. The van der Waals surface area contributed by atoms with Crippen LogP contribution in [0.15, 0.2) is 34.6 Å². The number of aliphatic hydroxyl groups excluding tert-OH is 1. The number of ether oxygens (including phenoxy) is 2. The number of hydrogen-bond acceptors (Lipinski definition) is 5. The molecule has 0 aromatic heterocycles. The molecule has 3 unspecified atom stereocenters. The topological polar surface area (TPSA) is 93.1 Å². The van der Waals surface area contributed by atoms with Gasteiger partial charge < -0.3 is 19.7 Å². The van der Waals surface area contributed by atoms with E-state index < -0.39 is 24.3 Å². The zero-order chi connectivity index (χ0) is 18.4. The highest BCUT2D eigenvalue weighted by Gasteiger charge is 2.42. The van der Waals surface area contributed by atoms with Gasteiger partial charge in [0.2, 0.25) is 0 Å². The zero-order valence-electron chi connectivity index (χ0n) is 14.7. The van der Waals surface area contributed by atoms with Crippen molar-refractivity contribution in [3.8, 4) is 0 Å². The van der Waals surface area contributed by atoms with Crippen LogP contribution in [0.1, 0.15) is 46.5 Å². The van der Waals surface area contributed by atoms with Crippen molar-refractivity contribution in [3.63, 3.8) is 0 Å². The van der Waals surface area contributed by atoms with E-state index in [0.29, 0.717) is 24.8 Å². The Balaban J connectivity index is 1.76. The Bertz CT molecular complexity index is 697. The summed E-state index contributed by atoms with van der Waals surface area (Å²) in [7, 11) is 0. The number of hydrogen-bond donors (Lipinski definition) is 2. The SMILES string of the molecule is CC1=CC(O/C=C(/C(=O)O)C2CC3=C(C2)C(C)(C)CCC3O)OC1=O. The molecule has 6 nitrogen and oxygen atoms in total. The first-order valence-corrected chi connectivity index (χ1v) is 8.57. The van der Waals surface area contributed by atoms with E-state index >= 15 is 0 Å². The van der Waals surface area contributed by atoms with Crippen molar-refractivity contribution in [1.29, 1.82) is 0 Å². The standard InChI is InChI=1S/C19H24O6/c1-10-6-16(25-18(10)23)24-9-13(17(21)22)11-7-12-14(8-11)19(2,3)5-4-15(12)20/h6,9,11,15-16,20H,4-5,7-8H2,1-3H3,(H,21,22)/b13-9+. The fraction of sp³-hybridized carbons (Fsp3) is 0.579. The number of cyclic esters (lactones) is 1. The van der Waals surface area contributed by atoms with Gasteiger partial charge in [-0.2, -0.15) is 0 Å². The van der Waals surface area contributed by atoms with E-state index in [4.69, 9.17) is 9.47 Å². The average Bonchev–Trinajstić information content (AvgIpc) is 3.09. The maximum Gasteiger partial charge on any atom is 0.336 e. The Hall–Kier alpha value is -2.08. The Morgan fingerprint density at radius 3 is 2.68 bits per heavy atom. The fourth-order valence-electron chi connectivity index (χ4n) is 3.96. The number of carbonyl (C=O) groups is 2. The largest absolute Gasteiger partial charge is 0.478 e. The number of rotatable bonds is 4. The van der Waals surface area contributed by atoms with Crippen LogP contribution in [0, 0.1) is 11.3 Å². The predicted octanol–water partition coefficient (Wildman–Crippen LogP) is 2.69. The number of carboxylic acid groups (broad SMARTS) is 1. The third kappa shape index (κ3) is 3.35. The van der Waals surface area contributed by atoms with Crippen molar-refractivity contribution in [2.45, 2.75) is 58.8 Å². The molecule has 3 atom stereocenters. The first kappa shape index (κ1) is 17.7. The van der Waals surface area contributed by atoms with Crippen molar-refractivity contribution < 1.29 is 29.3 Å². The number of allylic oxidation sites excluding steroid dienone is 1. The van der Waals surface area contributed by atoms with Gasteiger partial charge in [-0.1, -0.05) is 19.4 Å². The van der Waals surface area contributed by atoms with E-state index in [0.717, 1.165) is 12.0 Å².